The van der Waals surface area contributed by atoms with Gasteiger partial charge in [0, 0.05) is 11.2 Å². The lowest BCUT2D eigenvalue weighted by Crippen LogP contribution is -2.21. The fourth-order valence-corrected chi connectivity index (χ4v) is 1.94. The lowest BCUT2D eigenvalue weighted by atomic mass is 10.2. The molecular weight excluding hydrogens is 310 g/mol. The quantitative estimate of drug-likeness (QED) is 0.853. The zero-order chi connectivity index (χ0) is 12.4. The van der Waals surface area contributed by atoms with Crippen molar-refractivity contribution in [3.05, 3.63) is 62.0 Å². The van der Waals surface area contributed by atoms with Crippen molar-refractivity contribution < 1.29 is 4.39 Å². The van der Waals surface area contributed by atoms with Gasteiger partial charge in [0.15, 0.2) is 0 Å². The summed E-state index contributed by atoms with van der Waals surface area (Å²) in [7, 11) is 0. The number of aromatic nitrogens is 2. The van der Waals surface area contributed by atoms with Crippen molar-refractivity contribution >= 4 is 27.5 Å². The Balaban J connectivity index is 2.38. The van der Waals surface area contributed by atoms with Gasteiger partial charge in [0.1, 0.15) is 10.3 Å². The van der Waals surface area contributed by atoms with Crippen LogP contribution in [0.25, 0.3) is 0 Å². The molecule has 2 aromatic rings. The zero-order valence-electron chi connectivity index (χ0n) is 8.53. The van der Waals surface area contributed by atoms with E-state index in [0.717, 1.165) is 0 Å². The Morgan fingerprint density at radius 3 is 2.94 bits per heavy atom. The van der Waals surface area contributed by atoms with Gasteiger partial charge < -0.3 is 0 Å². The molecule has 2 rings (SSSR count). The molecule has 0 saturated carbocycles. The Morgan fingerprint density at radius 1 is 1.47 bits per heavy atom. The molecule has 0 unspecified atom stereocenters. The van der Waals surface area contributed by atoms with E-state index in [-0.39, 0.29) is 17.1 Å². The summed E-state index contributed by atoms with van der Waals surface area (Å²) in [6.45, 7) is 0.254. The minimum atomic E-state index is -0.404. The normalized spacial score (nSPS) is 10.5. The highest BCUT2D eigenvalue weighted by Crippen LogP contribution is 2.17. The number of hydrogen-bond donors (Lipinski definition) is 0. The van der Waals surface area contributed by atoms with Gasteiger partial charge in [-0.2, -0.15) is 0 Å². The smallest absolute Gasteiger partial charge is 0.267 e. The van der Waals surface area contributed by atoms with Crippen molar-refractivity contribution in [1.29, 1.82) is 0 Å². The molecule has 0 aliphatic heterocycles. The van der Waals surface area contributed by atoms with Crippen LogP contribution in [-0.4, -0.2) is 9.55 Å². The van der Waals surface area contributed by atoms with Gasteiger partial charge in [-0.1, -0.05) is 17.7 Å². The Bertz CT molecular complexity index is 615. The van der Waals surface area contributed by atoms with E-state index >= 15 is 0 Å². The summed E-state index contributed by atoms with van der Waals surface area (Å²) in [5.74, 6) is -0.404. The minimum Gasteiger partial charge on any atom is -0.294 e. The van der Waals surface area contributed by atoms with Crippen molar-refractivity contribution in [2.45, 2.75) is 6.54 Å². The van der Waals surface area contributed by atoms with Crippen molar-refractivity contribution in [2.24, 2.45) is 0 Å². The van der Waals surface area contributed by atoms with Gasteiger partial charge in [-0.05, 0) is 33.6 Å². The molecule has 1 aromatic heterocycles. The molecule has 0 amide bonds. The topological polar surface area (TPSA) is 34.9 Å². The average molecular weight is 318 g/mol. The van der Waals surface area contributed by atoms with Crippen LogP contribution in [0.15, 0.2) is 40.0 Å². The first-order valence-electron chi connectivity index (χ1n) is 4.72. The number of benzene rings is 1. The molecule has 0 atom stereocenters. The fourth-order valence-electron chi connectivity index (χ4n) is 1.37. The Labute approximate surface area is 110 Å². The van der Waals surface area contributed by atoms with Crippen molar-refractivity contribution in [3.8, 4) is 0 Å². The molecule has 1 aromatic carbocycles. The minimum absolute atomic E-state index is 0.208. The molecule has 0 radical (unpaired) electrons. The van der Waals surface area contributed by atoms with Crippen LogP contribution in [0.3, 0.4) is 0 Å². The van der Waals surface area contributed by atoms with Crippen molar-refractivity contribution in [1.82, 2.24) is 9.55 Å². The predicted molar refractivity (Wildman–Crippen MR) is 66.7 cm³/mol. The molecule has 0 saturated heterocycles. The molecule has 0 aliphatic carbocycles. The lowest BCUT2D eigenvalue weighted by Gasteiger charge is -2.07. The summed E-state index contributed by atoms with van der Waals surface area (Å²) in [4.78, 5) is 15.6. The van der Waals surface area contributed by atoms with Gasteiger partial charge in [0.05, 0.1) is 12.9 Å². The number of halogens is 3. The summed E-state index contributed by atoms with van der Waals surface area (Å²) in [6.07, 6.45) is 2.83. The first kappa shape index (κ1) is 12.3. The molecule has 0 spiro atoms. The van der Waals surface area contributed by atoms with Gasteiger partial charge in [-0.25, -0.2) is 9.37 Å². The standard InChI is InChI=1S/C11H7BrClFN2O/c12-9-4-15-6-16(11(9)17)5-7-1-2-8(14)3-10(7)13/h1-4,6H,5H2. The van der Waals surface area contributed by atoms with E-state index in [2.05, 4.69) is 20.9 Å². The first-order valence-corrected chi connectivity index (χ1v) is 5.89. The summed E-state index contributed by atoms with van der Waals surface area (Å²) in [5.41, 5.74) is 0.454. The first-order chi connectivity index (χ1) is 8.08. The van der Waals surface area contributed by atoms with Crippen molar-refractivity contribution in [3.63, 3.8) is 0 Å². The molecule has 0 fully saturated rings. The van der Waals surface area contributed by atoms with Crippen LogP contribution in [0.4, 0.5) is 4.39 Å². The van der Waals surface area contributed by atoms with Gasteiger partial charge in [0.25, 0.3) is 5.56 Å². The highest BCUT2D eigenvalue weighted by atomic mass is 79.9. The monoisotopic (exact) mass is 316 g/mol. The van der Waals surface area contributed by atoms with Crippen LogP contribution in [0.2, 0.25) is 5.02 Å². The van der Waals surface area contributed by atoms with E-state index < -0.39 is 5.82 Å². The third-order valence-corrected chi connectivity index (χ3v) is 3.11. The van der Waals surface area contributed by atoms with Crippen molar-refractivity contribution in [2.75, 3.05) is 0 Å². The van der Waals surface area contributed by atoms with E-state index in [0.29, 0.717) is 10.0 Å². The Kier molecular flexibility index (Phi) is 3.59. The number of rotatable bonds is 2. The zero-order valence-corrected chi connectivity index (χ0v) is 10.9. The van der Waals surface area contributed by atoms with Gasteiger partial charge in [-0.15, -0.1) is 0 Å². The van der Waals surface area contributed by atoms with Gasteiger partial charge >= 0.3 is 0 Å². The molecule has 88 valence electrons. The third-order valence-electron chi connectivity index (χ3n) is 2.21. The maximum absolute atomic E-state index is 12.9. The molecule has 0 bridgehead atoms. The van der Waals surface area contributed by atoms with Crippen LogP contribution in [0, 0.1) is 5.82 Å². The lowest BCUT2D eigenvalue weighted by molar-refractivity contribution is 0.626. The molecule has 3 nitrogen and oxygen atoms in total. The van der Waals surface area contributed by atoms with Crippen LogP contribution in [0.1, 0.15) is 5.56 Å². The largest absolute Gasteiger partial charge is 0.294 e. The van der Waals surface area contributed by atoms with E-state index in [4.69, 9.17) is 11.6 Å². The predicted octanol–water partition coefficient (Wildman–Crippen LogP) is 2.85. The molecule has 6 heteroatoms. The maximum atomic E-state index is 12.9. The second-order valence-electron chi connectivity index (χ2n) is 3.41. The maximum Gasteiger partial charge on any atom is 0.267 e. The second kappa shape index (κ2) is 4.98. The molecule has 0 N–H and O–H groups in total. The Morgan fingerprint density at radius 2 is 2.24 bits per heavy atom. The number of hydrogen-bond acceptors (Lipinski definition) is 2. The van der Waals surface area contributed by atoms with Crippen LogP contribution in [-0.2, 0) is 6.54 Å². The summed E-state index contributed by atoms with van der Waals surface area (Å²) in [5, 5.41) is 0.289. The van der Waals surface area contributed by atoms with Gasteiger partial charge in [-0.3, -0.25) is 9.36 Å². The third kappa shape index (κ3) is 2.73. The molecule has 1 heterocycles. The summed E-state index contributed by atoms with van der Waals surface area (Å²) >= 11 is 8.98. The van der Waals surface area contributed by atoms with Gasteiger partial charge in [0.2, 0.25) is 0 Å². The van der Waals surface area contributed by atoms with E-state index in [1.54, 1.807) is 6.07 Å². The number of nitrogens with zero attached hydrogens (tertiary/aromatic N) is 2. The van der Waals surface area contributed by atoms with E-state index in [9.17, 15) is 9.18 Å². The van der Waals surface area contributed by atoms with E-state index in [1.807, 2.05) is 0 Å². The molecule has 17 heavy (non-hydrogen) atoms. The molecular formula is C11H7BrClFN2O. The summed E-state index contributed by atoms with van der Waals surface area (Å²) < 4.78 is 14.6. The highest BCUT2D eigenvalue weighted by Gasteiger charge is 2.06. The highest BCUT2D eigenvalue weighted by molar-refractivity contribution is 9.10. The van der Waals surface area contributed by atoms with Crippen LogP contribution < -0.4 is 5.56 Å². The SMILES string of the molecule is O=c1c(Br)cncn1Cc1ccc(F)cc1Cl. The molecule has 0 aliphatic rings. The van der Waals surface area contributed by atoms with E-state index in [1.165, 1.54) is 29.2 Å². The van der Waals surface area contributed by atoms with Crippen LogP contribution >= 0.6 is 27.5 Å². The van der Waals surface area contributed by atoms with Crippen LogP contribution in [0.5, 0.6) is 0 Å². The fraction of sp³-hybridized carbons (Fsp3) is 0.0909. The average Bonchev–Trinajstić information content (AvgIpc) is 2.28. The summed E-state index contributed by atoms with van der Waals surface area (Å²) in [6, 6.07) is 4.07. The Hall–Kier alpha value is -1.20. The second-order valence-corrected chi connectivity index (χ2v) is 4.67.